The van der Waals surface area contributed by atoms with Crippen LogP contribution >= 0.6 is 0 Å². The number of amides is 1. The van der Waals surface area contributed by atoms with Crippen molar-refractivity contribution in [3.8, 4) is 17.2 Å². The Kier molecular flexibility index (Phi) is 5.35. The van der Waals surface area contributed by atoms with Gasteiger partial charge in [0, 0.05) is 13.5 Å². The van der Waals surface area contributed by atoms with Gasteiger partial charge < -0.3 is 19.1 Å². The summed E-state index contributed by atoms with van der Waals surface area (Å²) in [5.41, 5.74) is 3.49. The summed E-state index contributed by atoms with van der Waals surface area (Å²) in [7, 11) is 4.93. The summed E-state index contributed by atoms with van der Waals surface area (Å²) in [5.74, 6) is 2.33. The molecule has 1 heterocycles. The maximum atomic E-state index is 12.2. The van der Waals surface area contributed by atoms with E-state index in [1.54, 1.807) is 28.3 Å². The summed E-state index contributed by atoms with van der Waals surface area (Å²) in [4.78, 5) is 14.2. The van der Waals surface area contributed by atoms with E-state index in [1.165, 1.54) is 5.56 Å². The Morgan fingerprint density at radius 1 is 1.04 bits per heavy atom. The first-order valence-corrected chi connectivity index (χ1v) is 8.72. The van der Waals surface area contributed by atoms with Gasteiger partial charge in [-0.2, -0.15) is 0 Å². The zero-order valence-electron chi connectivity index (χ0n) is 15.7. The van der Waals surface area contributed by atoms with Gasteiger partial charge in [0.15, 0.2) is 11.5 Å². The number of ether oxygens (including phenoxy) is 3. The van der Waals surface area contributed by atoms with Crippen molar-refractivity contribution in [3.05, 3.63) is 53.1 Å². The van der Waals surface area contributed by atoms with E-state index in [0.717, 1.165) is 35.5 Å². The van der Waals surface area contributed by atoms with E-state index < -0.39 is 0 Å². The van der Waals surface area contributed by atoms with Gasteiger partial charge in [0.05, 0.1) is 27.4 Å². The molecule has 1 amide bonds. The van der Waals surface area contributed by atoms with Gasteiger partial charge in [-0.25, -0.2) is 0 Å². The zero-order valence-corrected chi connectivity index (χ0v) is 15.7. The highest BCUT2D eigenvalue weighted by molar-refractivity contribution is 5.74. The number of methoxy groups -OCH3 is 3. The van der Waals surface area contributed by atoms with Crippen molar-refractivity contribution in [3.63, 3.8) is 0 Å². The Hall–Kier alpha value is -2.69. The highest BCUT2D eigenvalue weighted by Crippen LogP contribution is 2.39. The lowest BCUT2D eigenvalue weighted by Crippen LogP contribution is -2.39. The predicted octanol–water partition coefficient (Wildman–Crippen LogP) is 3.40. The minimum atomic E-state index is -0.0237. The molecule has 5 nitrogen and oxygen atoms in total. The van der Waals surface area contributed by atoms with E-state index in [0.29, 0.717) is 12.3 Å². The number of hydrogen-bond donors (Lipinski definition) is 0. The van der Waals surface area contributed by atoms with Gasteiger partial charge in [-0.15, -0.1) is 0 Å². The lowest BCUT2D eigenvalue weighted by Gasteiger charge is -2.37. The third-order valence-corrected chi connectivity index (χ3v) is 5.00. The van der Waals surface area contributed by atoms with Crippen molar-refractivity contribution in [2.75, 3.05) is 27.9 Å². The molecule has 0 unspecified atom stereocenters. The summed E-state index contributed by atoms with van der Waals surface area (Å²) < 4.78 is 16.2. The van der Waals surface area contributed by atoms with Crippen LogP contribution < -0.4 is 14.2 Å². The first kappa shape index (κ1) is 18.1. The molecule has 0 saturated carbocycles. The Labute approximate surface area is 154 Å². The first-order valence-electron chi connectivity index (χ1n) is 8.72. The second kappa shape index (κ2) is 7.68. The van der Waals surface area contributed by atoms with Gasteiger partial charge in [-0.1, -0.05) is 12.1 Å². The van der Waals surface area contributed by atoms with Crippen molar-refractivity contribution in [2.24, 2.45) is 0 Å². The molecular weight excluding hydrogens is 330 g/mol. The number of carbonyl (C=O) groups excluding carboxylic acids is 1. The number of nitrogens with zero attached hydrogens (tertiary/aromatic N) is 1. The average Bonchev–Trinajstić information content (AvgIpc) is 2.67. The predicted molar refractivity (Wildman–Crippen MR) is 100 cm³/mol. The summed E-state index contributed by atoms with van der Waals surface area (Å²) in [5, 5.41) is 0. The summed E-state index contributed by atoms with van der Waals surface area (Å²) in [6, 6.07) is 12.0. The molecule has 5 heteroatoms. The van der Waals surface area contributed by atoms with Crippen molar-refractivity contribution >= 4 is 5.91 Å². The first-order chi connectivity index (χ1) is 12.6. The molecule has 26 heavy (non-hydrogen) atoms. The summed E-state index contributed by atoms with van der Waals surface area (Å²) in [6.07, 6.45) is 1.56. The Balaban J connectivity index is 2.00. The van der Waals surface area contributed by atoms with Crippen LogP contribution in [0.4, 0.5) is 0 Å². The second-order valence-corrected chi connectivity index (χ2v) is 6.44. The number of benzene rings is 2. The molecule has 0 aliphatic carbocycles. The van der Waals surface area contributed by atoms with Crippen molar-refractivity contribution in [2.45, 2.75) is 25.8 Å². The second-order valence-electron chi connectivity index (χ2n) is 6.44. The lowest BCUT2D eigenvalue weighted by atomic mass is 9.88. The molecule has 138 valence electrons. The SMILES string of the molecule is COc1ccc(C[C@@H]2c3cc(OC)c(OC)cc3CCN2C(C)=O)cc1. The number of hydrogen-bond acceptors (Lipinski definition) is 4. The fourth-order valence-corrected chi connectivity index (χ4v) is 3.61. The largest absolute Gasteiger partial charge is 0.497 e. The maximum Gasteiger partial charge on any atom is 0.219 e. The van der Waals surface area contributed by atoms with Crippen molar-refractivity contribution in [1.82, 2.24) is 4.90 Å². The molecule has 0 spiro atoms. The van der Waals surface area contributed by atoms with Crippen molar-refractivity contribution < 1.29 is 19.0 Å². The minimum Gasteiger partial charge on any atom is -0.497 e. The quantitative estimate of drug-likeness (QED) is 0.825. The Morgan fingerprint density at radius 2 is 1.69 bits per heavy atom. The highest BCUT2D eigenvalue weighted by atomic mass is 16.5. The standard InChI is InChI=1S/C21H25NO4/c1-14(23)22-10-9-16-12-20(25-3)21(26-4)13-18(16)19(22)11-15-5-7-17(24-2)8-6-15/h5-8,12-13,19H,9-11H2,1-4H3/t19-/m1/s1. The molecule has 0 bridgehead atoms. The summed E-state index contributed by atoms with van der Waals surface area (Å²) >= 11 is 0. The fraction of sp³-hybridized carbons (Fsp3) is 0.381. The van der Waals surface area contributed by atoms with Gasteiger partial charge in [0.2, 0.25) is 5.91 Å². The third kappa shape index (κ3) is 3.47. The fourth-order valence-electron chi connectivity index (χ4n) is 3.61. The molecule has 2 aromatic rings. The van der Waals surface area contributed by atoms with Crippen LogP contribution in [0.2, 0.25) is 0 Å². The molecule has 1 aliphatic rings. The van der Waals surface area contributed by atoms with Gasteiger partial charge in [0.25, 0.3) is 0 Å². The van der Waals surface area contributed by atoms with Gasteiger partial charge in [-0.3, -0.25) is 4.79 Å². The minimum absolute atomic E-state index is 0.0237. The molecule has 0 saturated heterocycles. The highest BCUT2D eigenvalue weighted by Gasteiger charge is 2.30. The van der Waals surface area contributed by atoms with Crippen LogP contribution in [0.5, 0.6) is 17.2 Å². The molecule has 2 aromatic carbocycles. The van der Waals surface area contributed by atoms with Crippen LogP contribution in [0.1, 0.15) is 29.7 Å². The van der Waals surface area contributed by atoms with E-state index in [2.05, 4.69) is 0 Å². The molecule has 0 aromatic heterocycles. The van der Waals surface area contributed by atoms with E-state index in [4.69, 9.17) is 14.2 Å². The molecule has 0 radical (unpaired) electrons. The van der Waals surface area contributed by atoms with E-state index in [1.807, 2.05) is 41.3 Å². The monoisotopic (exact) mass is 355 g/mol. The number of carbonyl (C=O) groups is 1. The van der Waals surface area contributed by atoms with Crippen molar-refractivity contribution in [1.29, 1.82) is 0 Å². The average molecular weight is 355 g/mol. The van der Waals surface area contributed by atoms with Gasteiger partial charge in [0.1, 0.15) is 5.75 Å². The third-order valence-electron chi connectivity index (χ3n) is 5.00. The van der Waals surface area contributed by atoms with Crippen LogP contribution in [-0.4, -0.2) is 38.7 Å². The Morgan fingerprint density at radius 3 is 2.27 bits per heavy atom. The van der Waals surface area contributed by atoms with Crippen LogP contribution in [0.25, 0.3) is 0 Å². The zero-order chi connectivity index (χ0) is 18.7. The smallest absolute Gasteiger partial charge is 0.219 e. The van der Waals surface area contributed by atoms with E-state index >= 15 is 0 Å². The van der Waals surface area contributed by atoms with Crippen LogP contribution in [-0.2, 0) is 17.6 Å². The van der Waals surface area contributed by atoms with E-state index in [-0.39, 0.29) is 11.9 Å². The Bertz CT molecular complexity index is 785. The van der Waals surface area contributed by atoms with Gasteiger partial charge in [-0.05, 0) is 53.8 Å². The number of rotatable bonds is 5. The normalized spacial score (nSPS) is 16.0. The van der Waals surface area contributed by atoms with Crippen LogP contribution in [0.3, 0.4) is 0 Å². The van der Waals surface area contributed by atoms with Crippen LogP contribution in [0.15, 0.2) is 36.4 Å². The topological polar surface area (TPSA) is 48.0 Å². The molecule has 3 rings (SSSR count). The van der Waals surface area contributed by atoms with E-state index in [9.17, 15) is 4.79 Å². The summed E-state index contributed by atoms with van der Waals surface area (Å²) in [6.45, 7) is 2.34. The lowest BCUT2D eigenvalue weighted by molar-refractivity contribution is -0.131. The molecule has 0 N–H and O–H groups in total. The van der Waals surface area contributed by atoms with Crippen LogP contribution in [0, 0.1) is 0 Å². The molecule has 1 atom stereocenters. The molecule has 0 fully saturated rings. The molecular formula is C21H25NO4. The molecule has 1 aliphatic heterocycles. The number of fused-ring (bicyclic) bond motifs is 1. The maximum absolute atomic E-state index is 12.2. The van der Waals surface area contributed by atoms with Gasteiger partial charge >= 0.3 is 0 Å².